The van der Waals surface area contributed by atoms with Gasteiger partial charge in [0.05, 0.1) is 48.3 Å². The number of alkyl halides is 1. The van der Waals surface area contributed by atoms with E-state index in [-0.39, 0.29) is 19.9 Å². The number of aliphatic hydroxyl groups is 1. The molecule has 39 heavy (non-hydrogen) atoms. The zero-order chi connectivity index (χ0) is 27.4. The van der Waals surface area contributed by atoms with Gasteiger partial charge in [-0.05, 0) is 49.7 Å². The molecule has 0 aliphatic heterocycles. The van der Waals surface area contributed by atoms with E-state index in [9.17, 15) is 14.3 Å². The van der Waals surface area contributed by atoms with Crippen molar-refractivity contribution in [3.8, 4) is 17.3 Å². The maximum absolute atomic E-state index is 12.6. The van der Waals surface area contributed by atoms with Crippen molar-refractivity contribution in [3.05, 3.63) is 65.5 Å². The minimum Gasteiger partial charge on any atom is -0.489 e. The number of hydrogen-bond acceptors (Lipinski definition) is 7. The summed E-state index contributed by atoms with van der Waals surface area (Å²) in [7, 11) is 3.92. The summed E-state index contributed by atoms with van der Waals surface area (Å²) in [4.78, 5) is 19.0. The summed E-state index contributed by atoms with van der Waals surface area (Å²) in [6.45, 7) is 1.54. The number of nitrogens with zero attached hydrogens (tertiary/aromatic N) is 5. The lowest BCUT2D eigenvalue weighted by Gasteiger charge is -2.16. The Labute approximate surface area is 225 Å². The maximum atomic E-state index is 12.6. The largest absolute Gasteiger partial charge is 0.489 e. The number of aliphatic hydroxyl groups excluding tert-OH is 1. The van der Waals surface area contributed by atoms with Gasteiger partial charge in [0.25, 0.3) is 0 Å². The second-order valence-electron chi connectivity index (χ2n) is 9.61. The molecule has 0 saturated carbocycles. The smallest absolute Gasteiger partial charge is 0.157 e. The molecule has 10 heteroatoms. The molecule has 0 saturated heterocycles. The number of carbonyl (C=O) groups excluding carboxylic acids is 1. The standard InChI is InChI=1S/C29H32FN5O4/c1-33(11-4-9-30)12-8-20-16-25-24(15-22(20)19-37)32-29(34(25)2)26-17-21-5-3-6-27(38-14-13-36)28(21)35(26)18-23-7-10-31-39-23/h3,5-7,10,15-17,19,36H,4,8-9,11-14,18H2,1-2H3. The van der Waals surface area contributed by atoms with E-state index < -0.39 is 0 Å². The molecule has 0 radical (unpaired) electrons. The SMILES string of the molecule is CN(CCCF)CCc1cc2c(cc1C=O)nc(-c1cc3cccc(OCCO)c3n1Cc1ccno1)n2C. The molecule has 3 aromatic heterocycles. The molecule has 204 valence electrons. The minimum absolute atomic E-state index is 0.0934. The zero-order valence-electron chi connectivity index (χ0n) is 22.1. The number of likely N-dealkylation sites (N-methyl/N-ethyl adjacent to an activating group) is 1. The Balaban J connectivity index is 1.60. The van der Waals surface area contributed by atoms with Gasteiger partial charge in [-0.1, -0.05) is 17.3 Å². The molecule has 0 spiro atoms. The van der Waals surface area contributed by atoms with E-state index in [1.165, 1.54) is 0 Å². The number of fused-ring (bicyclic) bond motifs is 2. The van der Waals surface area contributed by atoms with E-state index in [4.69, 9.17) is 14.2 Å². The number of aryl methyl sites for hydroxylation is 1. The van der Waals surface area contributed by atoms with Crippen LogP contribution in [0.5, 0.6) is 5.75 Å². The Kier molecular flexibility index (Phi) is 8.04. The minimum atomic E-state index is -0.337. The van der Waals surface area contributed by atoms with Crippen LogP contribution in [0.2, 0.25) is 0 Å². The van der Waals surface area contributed by atoms with Crippen LogP contribution in [-0.2, 0) is 20.0 Å². The lowest BCUT2D eigenvalue weighted by atomic mass is 10.0. The Bertz CT molecular complexity index is 1570. The Morgan fingerprint density at radius 1 is 1.21 bits per heavy atom. The predicted octanol–water partition coefficient (Wildman–Crippen LogP) is 4.25. The number of aromatic nitrogens is 4. The van der Waals surface area contributed by atoms with Gasteiger partial charge in [-0.2, -0.15) is 0 Å². The second-order valence-corrected chi connectivity index (χ2v) is 9.61. The van der Waals surface area contributed by atoms with Crippen LogP contribution in [0.3, 0.4) is 0 Å². The predicted molar refractivity (Wildman–Crippen MR) is 147 cm³/mol. The van der Waals surface area contributed by atoms with Crippen LogP contribution < -0.4 is 4.74 Å². The Hall–Kier alpha value is -4.02. The van der Waals surface area contributed by atoms with E-state index >= 15 is 0 Å². The van der Waals surface area contributed by atoms with Gasteiger partial charge >= 0.3 is 0 Å². The highest BCUT2D eigenvalue weighted by atomic mass is 19.1. The van der Waals surface area contributed by atoms with Crippen molar-refractivity contribution >= 4 is 28.2 Å². The molecule has 0 fully saturated rings. The number of para-hydroxylation sites is 1. The second kappa shape index (κ2) is 11.8. The van der Waals surface area contributed by atoms with Crippen molar-refractivity contribution in [2.45, 2.75) is 19.4 Å². The molecule has 0 aliphatic carbocycles. The lowest BCUT2D eigenvalue weighted by Crippen LogP contribution is -2.23. The lowest BCUT2D eigenvalue weighted by molar-refractivity contribution is 0.112. The third kappa shape index (κ3) is 5.43. The van der Waals surface area contributed by atoms with Crippen molar-refractivity contribution in [2.75, 3.05) is 40.0 Å². The molecule has 0 amide bonds. The van der Waals surface area contributed by atoms with E-state index in [1.54, 1.807) is 6.20 Å². The fourth-order valence-corrected chi connectivity index (χ4v) is 5.00. The summed E-state index contributed by atoms with van der Waals surface area (Å²) < 4.78 is 28.0. The molecule has 1 N–H and O–H groups in total. The van der Waals surface area contributed by atoms with Crippen molar-refractivity contribution in [1.29, 1.82) is 0 Å². The Morgan fingerprint density at radius 2 is 2.08 bits per heavy atom. The van der Waals surface area contributed by atoms with E-state index in [1.807, 2.05) is 55.1 Å². The van der Waals surface area contributed by atoms with Crippen LogP contribution in [0, 0.1) is 0 Å². The molecular weight excluding hydrogens is 501 g/mol. The number of aldehydes is 1. The average molecular weight is 534 g/mol. The van der Waals surface area contributed by atoms with Gasteiger partial charge in [-0.15, -0.1) is 0 Å². The zero-order valence-corrected chi connectivity index (χ0v) is 22.1. The van der Waals surface area contributed by atoms with E-state index in [0.717, 1.165) is 51.8 Å². The number of carbonyl (C=O) groups is 1. The van der Waals surface area contributed by atoms with Crippen molar-refractivity contribution in [2.24, 2.45) is 7.05 Å². The van der Waals surface area contributed by atoms with Crippen LogP contribution in [0.15, 0.2) is 53.2 Å². The van der Waals surface area contributed by atoms with E-state index in [0.29, 0.717) is 43.0 Å². The summed E-state index contributed by atoms with van der Waals surface area (Å²) in [5, 5.41) is 14.1. The number of benzene rings is 2. The molecule has 0 atom stereocenters. The summed E-state index contributed by atoms with van der Waals surface area (Å²) in [5.74, 6) is 2.04. The van der Waals surface area contributed by atoms with Gasteiger partial charge in [0.1, 0.15) is 18.6 Å². The molecular formula is C29H32FN5O4. The summed E-state index contributed by atoms with van der Waals surface area (Å²) >= 11 is 0. The van der Waals surface area contributed by atoms with E-state index in [2.05, 4.69) is 20.7 Å². The van der Waals surface area contributed by atoms with Crippen LogP contribution in [0.4, 0.5) is 4.39 Å². The maximum Gasteiger partial charge on any atom is 0.157 e. The highest BCUT2D eigenvalue weighted by Gasteiger charge is 2.21. The van der Waals surface area contributed by atoms with Crippen LogP contribution >= 0.6 is 0 Å². The van der Waals surface area contributed by atoms with Crippen molar-refractivity contribution in [3.63, 3.8) is 0 Å². The van der Waals surface area contributed by atoms with Gasteiger partial charge in [-0.3, -0.25) is 9.18 Å². The van der Waals surface area contributed by atoms with Gasteiger partial charge in [0.15, 0.2) is 11.6 Å². The summed E-state index contributed by atoms with van der Waals surface area (Å²) in [6, 6.07) is 13.5. The van der Waals surface area contributed by atoms with Gasteiger partial charge < -0.3 is 28.4 Å². The van der Waals surface area contributed by atoms with Crippen molar-refractivity contribution in [1.82, 2.24) is 24.2 Å². The average Bonchev–Trinajstić information content (AvgIpc) is 3.67. The fourth-order valence-electron chi connectivity index (χ4n) is 5.00. The molecule has 0 aliphatic rings. The van der Waals surface area contributed by atoms with Gasteiger partial charge in [-0.25, -0.2) is 4.98 Å². The van der Waals surface area contributed by atoms with Crippen LogP contribution in [0.1, 0.15) is 28.1 Å². The van der Waals surface area contributed by atoms with Crippen LogP contribution in [0.25, 0.3) is 33.5 Å². The number of imidazole rings is 1. The highest BCUT2D eigenvalue weighted by Crippen LogP contribution is 2.35. The number of rotatable bonds is 13. The first-order chi connectivity index (χ1) is 19.0. The van der Waals surface area contributed by atoms with Crippen LogP contribution in [-0.4, -0.2) is 75.6 Å². The van der Waals surface area contributed by atoms with Gasteiger partial charge in [0.2, 0.25) is 0 Å². The fraction of sp³-hybridized carbons (Fsp3) is 0.345. The molecule has 0 bridgehead atoms. The first kappa shape index (κ1) is 26.6. The topological polar surface area (TPSA) is 98.6 Å². The Morgan fingerprint density at radius 3 is 2.82 bits per heavy atom. The number of halogens is 1. The highest BCUT2D eigenvalue weighted by molar-refractivity contribution is 5.93. The number of ether oxygens (including phenoxy) is 1. The third-order valence-electron chi connectivity index (χ3n) is 6.97. The third-order valence-corrected chi connectivity index (χ3v) is 6.97. The van der Waals surface area contributed by atoms with Gasteiger partial charge in [0, 0.05) is 37.2 Å². The molecule has 2 aromatic carbocycles. The quantitative estimate of drug-likeness (QED) is 0.226. The molecule has 5 rings (SSSR count). The summed E-state index contributed by atoms with van der Waals surface area (Å²) in [5.41, 5.74) is 4.87. The molecule has 3 heterocycles. The normalized spacial score (nSPS) is 11.7. The molecule has 9 nitrogen and oxygen atoms in total. The first-order valence-electron chi connectivity index (χ1n) is 13.0. The number of hydrogen-bond donors (Lipinski definition) is 1. The summed E-state index contributed by atoms with van der Waals surface area (Å²) in [6.07, 6.45) is 3.65. The molecule has 5 aromatic rings. The molecule has 0 unspecified atom stereocenters. The van der Waals surface area contributed by atoms with Crippen molar-refractivity contribution < 1.29 is 23.6 Å². The first-order valence-corrected chi connectivity index (χ1v) is 13.0. The monoisotopic (exact) mass is 533 g/mol.